The molecule has 0 aliphatic carbocycles. The molecule has 0 radical (unpaired) electrons. The van der Waals surface area contributed by atoms with E-state index >= 15 is 0 Å². The van der Waals surface area contributed by atoms with Gasteiger partial charge in [0.05, 0.1) is 44.5 Å². The molecule has 4 nitrogen and oxygen atoms in total. The van der Waals surface area contributed by atoms with Crippen LogP contribution < -0.4 is 0 Å². The number of alkyl halides is 24. The predicted molar refractivity (Wildman–Crippen MR) is 365 cm³/mol. The molecule has 0 bridgehead atoms. The fourth-order valence-electron chi connectivity index (χ4n) is 14.5. The molecule has 110 heavy (non-hydrogen) atoms. The van der Waals surface area contributed by atoms with Gasteiger partial charge in [-0.3, -0.25) is 0 Å². The number of benzene rings is 12. The Bertz CT molecular complexity index is 4990. The van der Waals surface area contributed by atoms with E-state index in [1.165, 1.54) is 116 Å². The molecule has 0 aliphatic rings. The van der Waals surface area contributed by atoms with E-state index in [0.29, 0.717) is 0 Å². The van der Waals surface area contributed by atoms with Gasteiger partial charge >= 0.3 is 49.4 Å². The van der Waals surface area contributed by atoms with Crippen LogP contribution in [0.3, 0.4) is 0 Å². The first-order valence-corrected chi connectivity index (χ1v) is 33.2. The lowest BCUT2D eigenvalue weighted by atomic mass is 9.74. The minimum absolute atomic E-state index is 0.0187. The number of fused-ring (bicyclic) bond motifs is 4. The second-order valence-corrected chi connectivity index (χ2v) is 29.3. The van der Waals surface area contributed by atoms with Gasteiger partial charge in [0.25, 0.3) is 0 Å². The number of aliphatic hydroxyl groups excluding tert-OH is 4. The summed E-state index contributed by atoms with van der Waals surface area (Å²) in [6, 6.07) is 18.9. The van der Waals surface area contributed by atoms with Gasteiger partial charge in [0, 0.05) is 0 Å². The summed E-state index contributed by atoms with van der Waals surface area (Å²) in [7, 11) is 0. The smallest absolute Gasteiger partial charge is 0.384 e. The monoisotopic (exact) mass is 1560 g/mol. The lowest BCUT2D eigenvalue weighted by Gasteiger charge is -2.31. The first-order valence-electron chi connectivity index (χ1n) is 33.2. The molecule has 0 fully saturated rings. The van der Waals surface area contributed by atoms with Crippen molar-refractivity contribution in [1.82, 2.24) is 0 Å². The molecule has 0 amide bonds. The summed E-state index contributed by atoms with van der Waals surface area (Å²) in [6.07, 6.45) is -55.8. The third-order valence-corrected chi connectivity index (χ3v) is 20.0. The SMILES string of the molecule is Cc1c2ccccc2c2c(-c3c(C(O)c4cc(C(F)(F)F)cc(C(F)(F)F)c4)cc(C(C)(C)C)cc3C(O)c3cc(C(F)(F)F)cc(C(F)(F)F)c3)cc3c(C)c4ccccc4c4c(-c5c(C(O)c6cc(C(F)(F)F)cc(C(F)(F)F)c6)cc(C(C)(C)C)cc5C(O)c5cc(C(F)(F)F)cc(C(F)(F)F)c5)cc1c2c34. The highest BCUT2D eigenvalue weighted by atomic mass is 19.4. The highest BCUT2D eigenvalue weighted by Gasteiger charge is 2.45. The van der Waals surface area contributed by atoms with Crippen LogP contribution in [0.25, 0.3) is 76.1 Å². The lowest BCUT2D eigenvalue weighted by molar-refractivity contribution is -0.144. The lowest BCUT2D eigenvalue weighted by Crippen LogP contribution is -2.18. The fourth-order valence-corrected chi connectivity index (χ4v) is 14.5. The number of halogens is 24. The molecule has 0 heterocycles. The second kappa shape index (κ2) is 26.5. The molecular formula is C82H58F24O4. The Hall–Kier alpha value is -9.64. The Labute approximate surface area is 608 Å². The van der Waals surface area contributed by atoms with Crippen LogP contribution in [0.15, 0.2) is 158 Å². The van der Waals surface area contributed by atoms with Crippen LogP contribution in [0.4, 0.5) is 105 Å². The maximum atomic E-state index is 15.0. The highest BCUT2D eigenvalue weighted by molar-refractivity contribution is 6.39. The van der Waals surface area contributed by atoms with Crippen LogP contribution in [0.2, 0.25) is 0 Å². The van der Waals surface area contributed by atoms with Crippen LogP contribution in [-0.2, 0) is 60.2 Å². The van der Waals surface area contributed by atoms with Crippen LogP contribution in [0.5, 0.6) is 0 Å². The van der Waals surface area contributed by atoms with Gasteiger partial charge in [0.1, 0.15) is 24.4 Å². The van der Waals surface area contributed by atoms with Gasteiger partial charge in [-0.25, -0.2) is 0 Å². The number of hydrogen-bond donors (Lipinski definition) is 4. The summed E-state index contributed by atoms with van der Waals surface area (Å²) in [4.78, 5) is 0. The average molecular weight is 1560 g/mol. The van der Waals surface area contributed by atoms with Crippen molar-refractivity contribution in [3.05, 3.63) is 269 Å². The van der Waals surface area contributed by atoms with Crippen molar-refractivity contribution in [3.63, 3.8) is 0 Å². The summed E-state index contributed by atoms with van der Waals surface area (Å²) in [5.41, 5.74) is -27.8. The van der Waals surface area contributed by atoms with E-state index < -0.39 is 185 Å². The Morgan fingerprint density at radius 2 is 0.418 bits per heavy atom. The molecule has 0 aromatic heterocycles. The maximum absolute atomic E-state index is 15.0. The highest BCUT2D eigenvalue weighted by Crippen LogP contribution is 2.57. The van der Waals surface area contributed by atoms with Gasteiger partial charge in [0.15, 0.2) is 0 Å². The topological polar surface area (TPSA) is 80.9 Å². The van der Waals surface area contributed by atoms with Gasteiger partial charge < -0.3 is 20.4 Å². The molecule has 0 saturated heterocycles. The first-order chi connectivity index (χ1) is 50.3. The molecule has 28 heteroatoms. The van der Waals surface area contributed by atoms with Crippen molar-refractivity contribution in [1.29, 1.82) is 0 Å². The molecule has 12 rings (SSSR count). The third kappa shape index (κ3) is 14.6. The van der Waals surface area contributed by atoms with Crippen molar-refractivity contribution in [2.45, 2.75) is 140 Å². The Balaban J connectivity index is 1.35. The molecule has 0 spiro atoms. The predicted octanol–water partition coefficient (Wildman–Crippen LogP) is 25.9. The van der Waals surface area contributed by atoms with Crippen molar-refractivity contribution in [2.24, 2.45) is 0 Å². The number of aliphatic hydroxyl groups is 4. The van der Waals surface area contributed by atoms with Gasteiger partial charge in [-0.2, -0.15) is 105 Å². The molecule has 4 atom stereocenters. The van der Waals surface area contributed by atoms with E-state index in [2.05, 4.69) is 0 Å². The minimum atomic E-state index is -5.59. The van der Waals surface area contributed by atoms with E-state index in [9.17, 15) is 126 Å². The quantitative estimate of drug-likeness (QED) is 0.0625. The zero-order valence-corrected chi connectivity index (χ0v) is 58.2. The third-order valence-electron chi connectivity index (χ3n) is 20.0. The van der Waals surface area contributed by atoms with Gasteiger partial charge in [-0.1, -0.05) is 114 Å². The van der Waals surface area contributed by atoms with Crippen molar-refractivity contribution in [2.75, 3.05) is 0 Å². The zero-order chi connectivity index (χ0) is 81.3. The molecule has 578 valence electrons. The molecule has 4 N–H and O–H groups in total. The largest absolute Gasteiger partial charge is 0.416 e. The standard InChI is InChI=1S/C82H58F24O4/c1-35-51-13-9-11-15-53(51)65-58(64-61(71(109)39-21-47(79(95,96)97)27-48(22-39)80(98,99)100)31-42(74(6,7)8)32-62(64)72(110)40-23-49(81(101,102)103)28-50(24-40)82(104,105)106)34-56-36(2)52-14-10-12-16-54(52)66-57(33-55(35)67(65)68(56)66)63-59(69(107)37-17-43(75(83,84)85)25-44(18-37)76(86,87)88)29-41(73(3,4)5)30-60(63)70(108)38-19-45(77(89,90)91)26-46(20-38)78(92,93)94/h9-34,69-72,107-110H,1-8H3. The summed E-state index contributed by atoms with van der Waals surface area (Å²) < 4.78 is 359. The van der Waals surface area contributed by atoms with Gasteiger partial charge in [-0.05, 0) is 252 Å². The average Bonchev–Trinajstić information content (AvgIpc) is 0.681. The van der Waals surface area contributed by atoms with Crippen molar-refractivity contribution in [3.8, 4) is 22.3 Å². The summed E-state index contributed by atoms with van der Waals surface area (Å²) in [6.45, 7) is 11.8. The van der Waals surface area contributed by atoms with Gasteiger partial charge in [0.2, 0.25) is 0 Å². The van der Waals surface area contributed by atoms with E-state index in [1.807, 2.05) is 0 Å². The molecule has 0 saturated carbocycles. The summed E-state index contributed by atoms with van der Waals surface area (Å²) >= 11 is 0. The number of hydrogen-bond acceptors (Lipinski definition) is 4. The summed E-state index contributed by atoms with van der Waals surface area (Å²) in [5.74, 6) is 0. The van der Waals surface area contributed by atoms with E-state index in [4.69, 9.17) is 0 Å². The van der Waals surface area contributed by atoms with Crippen LogP contribution in [0, 0.1) is 13.8 Å². The van der Waals surface area contributed by atoms with E-state index in [0.717, 1.165) is 24.3 Å². The molecule has 0 aliphatic heterocycles. The molecular weight excluding hydrogens is 1500 g/mol. The Kier molecular flexibility index (Phi) is 19.3. The van der Waals surface area contributed by atoms with E-state index in [1.54, 1.807) is 0 Å². The molecule has 12 aromatic rings. The van der Waals surface area contributed by atoms with Crippen LogP contribution in [0.1, 0.15) is 177 Å². The van der Waals surface area contributed by atoms with Gasteiger partial charge in [-0.15, -0.1) is 0 Å². The van der Waals surface area contributed by atoms with Crippen LogP contribution >= 0.6 is 0 Å². The second-order valence-electron chi connectivity index (χ2n) is 29.3. The fraction of sp³-hybridized carbons (Fsp3) is 0.268. The van der Waals surface area contributed by atoms with Crippen LogP contribution in [-0.4, -0.2) is 20.4 Å². The Morgan fingerprint density at radius 3 is 0.600 bits per heavy atom. The number of aryl methyl sites for hydroxylation is 2. The Morgan fingerprint density at radius 1 is 0.227 bits per heavy atom. The number of rotatable bonds is 10. The summed E-state index contributed by atoms with van der Waals surface area (Å²) in [5, 5.41) is 52.5. The molecule has 4 unspecified atom stereocenters. The zero-order valence-electron chi connectivity index (χ0n) is 58.2. The first kappa shape index (κ1) is 79.9. The molecule has 12 aromatic carbocycles. The normalized spacial score (nSPS) is 14.8. The maximum Gasteiger partial charge on any atom is 0.416 e. The van der Waals surface area contributed by atoms with Crippen molar-refractivity contribution < 1.29 is 126 Å². The van der Waals surface area contributed by atoms with E-state index in [-0.39, 0.29) is 160 Å². The van der Waals surface area contributed by atoms with Crippen molar-refractivity contribution >= 4 is 53.9 Å². The minimum Gasteiger partial charge on any atom is -0.384 e.